The summed E-state index contributed by atoms with van der Waals surface area (Å²) in [5.41, 5.74) is 0. The summed E-state index contributed by atoms with van der Waals surface area (Å²) in [6.45, 7) is 0. The van der Waals surface area contributed by atoms with E-state index in [0.29, 0.717) is 5.08 Å². The Kier molecular flexibility index (Phi) is 8.20. The molecule has 0 radical (unpaired) electrons. The van der Waals surface area contributed by atoms with Crippen molar-refractivity contribution in [3.63, 3.8) is 0 Å². The van der Waals surface area contributed by atoms with Gasteiger partial charge in [-0.05, 0) is 10.8 Å². The molecule has 0 aromatic rings. The van der Waals surface area contributed by atoms with E-state index in [1.165, 1.54) is 13.4 Å². The summed E-state index contributed by atoms with van der Waals surface area (Å²) in [5, 5.41) is 0.431. The van der Waals surface area contributed by atoms with Crippen LogP contribution in [0.1, 0.15) is 0 Å². The molecule has 4 nitrogen and oxygen atoms in total. The molecule has 0 spiro atoms. The smallest absolute Gasteiger partial charge is 0.219 e. The summed E-state index contributed by atoms with van der Waals surface area (Å²) in [4.78, 5) is 0. The Bertz CT molecular complexity index is 148. The maximum absolute atomic E-state index is 10.6. The highest BCUT2D eigenvalue weighted by Crippen LogP contribution is 2.17. The zero-order valence-electron chi connectivity index (χ0n) is 5.97. The van der Waals surface area contributed by atoms with Crippen LogP contribution in [0.4, 0.5) is 0 Å². The fourth-order valence-electron chi connectivity index (χ4n) is 0.194. The van der Waals surface area contributed by atoms with E-state index < -0.39 is 21.2 Å². The molecule has 0 saturated heterocycles. The van der Waals surface area contributed by atoms with Crippen molar-refractivity contribution in [3.8, 4) is 0 Å². The maximum Gasteiger partial charge on any atom is 0.219 e. The fourth-order valence-corrected chi connectivity index (χ4v) is 3.16. The van der Waals surface area contributed by atoms with Crippen molar-refractivity contribution < 1.29 is 16.2 Å². The van der Waals surface area contributed by atoms with E-state index in [0.717, 1.165) is 22.8 Å². The topological polar surface area (TPSA) is 52.6 Å². The van der Waals surface area contributed by atoms with E-state index in [1.54, 1.807) is 0 Å². The summed E-state index contributed by atoms with van der Waals surface area (Å²) in [7, 11) is 1.10. The second-order valence-electron chi connectivity index (χ2n) is 1.19. The van der Waals surface area contributed by atoms with Crippen molar-refractivity contribution in [2.45, 2.75) is 0 Å². The predicted molar refractivity (Wildman–Crippen MR) is 50.4 cm³/mol. The lowest BCUT2D eigenvalue weighted by atomic mass is 11.8. The molecule has 11 heavy (non-hydrogen) atoms. The van der Waals surface area contributed by atoms with Gasteiger partial charge in [0.2, 0.25) is 10.1 Å². The molecule has 2 unspecified atom stereocenters. The standard InChI is InChI=1S/C3H8O4S4/c1-6-11(5)9-3-8-7-10(2)4/h3H2,1-2H3. The SMILES string of the molecule is COS(=O)SCSOS(C)=O. The lowest BCUT2D eigenvalue weighted by molar-refractivity contribution is 0.458. The molecule has 0 heterocycles. The molecule has 0 aromatic heterocycles. The van der Waals surface area contributed by atoms with Crippen molar-refractivity contribution in [3.05, 3.63) is 0 Å². The molecule has 0 fully saturated rings. The van der Waals surface area contributed by atoms with E-state index >= 15 is 0 Å². The van der Waals surface area contributed by atoms with Gasteiger partial charge in [0.15, 0.2) is 11.1 Å². The molecule has 0 aliphatic rings. The summed E-state index contributed by atoms with van der Waals surface area (Å²) in [5.74, 6) is 0. The van der Waals surface area contributed by atoms with Gasteiger partial charge >= 0.3 is 0 Å². The molecule has 0 aromatic carbocycles. The Morgan fingerprint density at radius 2 is 2.09 bits per heavy atom. The Hall–Kier alpha value is 0.920. The molecular weight excluding hydrogens is 228 g/mol. The Morgan fingerprint density at radius 3 is 2.55 bits per heavy atom. The lowest BCUT2D eigenvalue weighted by Gasteiger charge is -1.96. The van der Waals surface area contributed by atoms with E-state index in [9.17, 15) is 8.42 Å². The summed E-state index contributed by atoms with van der Waals surface area (Å²) in [6.07, 6.45) is 1.42. The van der Waals surface area contributed by atoms with Crippen molar-refractivity contribution in [2.24, 2.45) is 0 Å². The van der Waals surface area contributed by atoms with Crippen LogP contribution < -0.4 is 0 Å². The van der Waals surface area contributed by atoms with Crippen molar-refractivity contribution in [1.82, 2.24) is 0 Å². The highest BCUT2D eigenvalue weighted by molar-refractivity contribution is 8.69. The Balaban J connectivity index is 3.14. The molecule has 0 aliphatic heterocycles. The van der Waals surface area contributed by atoms with Crippen LogP contribution in [0.3, 0.4) is 0 Å². The van der Waals surface area contributed by atoms with Crippen LogP contribution in [-0.4, -0.2) is 26.9 Å². The average molecular weight is 236 g/mol. The van der Waals surface area contributed by atoms with Gasteiger partial charge in [0.25, 0.3) is 0 Å². The highest BCUT2D eigenvalue weighted by Gasteiger charge is 1.99. The van der Waals surface area contributed by atoms with Crippen LogP contribution in [0, 0.1) is 0 Å². The number of hydrogen-bond acceptors (Lipinski definition) is 6. The first-order chi connectivity index (χ1) is 5.16. The second kappa shape index (κ2) is 7.56. The van der Waals surface area contributed by atoms with E-state index in [4.69, 9.17) is 0 Å². The first kappa shape index (κ1) is 11.9. The van der Waals surface area contributed by atoms with Crippen LogP contribution in [-0.2, 0) is 29.0 Å². The molecule has 0 bridgehead atoms. The minimum Gasteiger partial charge on any atom is -0.285 e. The van der Waals surface area contributed by atoms with E-state index in [2.05, 4.69) is 7.81 Å². The van der Waals surface area contributed by atoms with Gasteiger partial charge in [-0.2, -0.15) is 0 Å². The third-order valence-corrected chi connectivity index (χ3v) is 4.71. The largest absolute Gasteiger partial charge is 0.285 e. The molecule has 0 aliphatic carbocycles. The minimum absolute atomic E-state index is 0.431. The fraction of sp³-hybridized carbons (Fsp3) is 1.00. The van der Waals surface area contributed by atoms with Gasteiger partial charge in [-0.15, -0.1) is 0 Å². The molecular formula is C3H8O4S4. The zero-order chi connectivity index (χ0) is 8.69. The lowest BCUT2D eigenvalue weighted by Crippen LogP contribution is -1.88. The van der Waals surface area contributed by atoms with Crippen molar-refractivity contribution >= 4 is 44.0 Å². The third-order valence-electron chi connectivity index (χ3n) is 0.472. The second-order valence-corrected chi connectivity index (χ2v) is 6.22. The van der Waals surface area contributed by atoms with E-state index in [-0.39, 0.29) is 0 Å². The molecule has 2 atom stereocenters. The third kappa shape index (κ3) is 8.83. The molecule has 0 N–H and O–H groups in total. The van der Waals surface area contributed by atoms with Gasteiger partial charge in [0, 0.05) is 18.3 Å². The van der Waals surface area contributed by atoms with Gasteiger partial charge in [0.05, 0.1) is 12.2 Å². The first-order valence-corrected chi connectivity index (χ1v) is 7.37. The normalized spacial score (nSPS) is 16.2. The summed E-state index contributed by atoms with van der Waals surface area (Å²) >= 11 is -0.278. The average Bonchev–Trinajstić information content (AvgIpc) is 1.97. The van der Waals surface area contributed by atoms with Crippen LogP contribution in [0.25, 0.3) is 0 Å². The predicted octanol–water partition coefficient (Wildman–Crippen LogP) is 0.861. The highest BCUT2D eigenvalue weighted by atomic mass is 33.1. The number of rotatable bonds is 6. The Labute approximate surface area is 78.7 Å². The van der Waals surface area contributed by atoms with Crippen LogP contribution in [0.15, 0.2) is 0 Å². The van der Waals surface area contributed by atoms with Crippen molar-refractivity contribution in [1.29, 1.82) is 0 Å². The monoisotopic (exact) mass is 236 g/mol. The van der Waals surface area contributed by atoms with Crippen LogP contribution in [0.2, 0.25) is 0 Å². The van der Waals surface area contributed by atoms with Gasteiger partial charge in [-0.25, -0.2) is 12.0 Å². The Morgan fingerprint density at radius 1 is 1.45 bits per heavy atom. The van der Waals surface area contributed by atoms with Crippen LogP contribution in [0.5, 0.6) is 0 Å². The van der Waals surface area contributed by atoms with Gasteiger partial charge in [-0.3, -0.25) is 4.18 Å². The molecule has 8 heteroatoms. The van der Waals surface area contributed by atoms with E-state index in [1.807, 2.05) is 0 Å². The first-order valence-electron chi connectivity index (χ1n) is 2.39. The number of hydrogen-bond donors (Lipinski definition) is 0. The molecule has 68 valence electrons. The molecule has 0 amide bonds. The summed E-state index contributed by atoms with van der Waals surface area (Å²) in [6, 6.07) is 0. The van der Waals surface area contributed by atoms with Crippen LogP contribution >= 0.6 is 22.8 Å². The quantitative estimate of drug-likeness (QED) is 0.295. The minimum atomic E-state index is -1.32. The van der Waals surface area contributed by atoms with Crippen molar-refractivity contribution in [2.75, 3.05) is 18.5 Å². The maximum atomic E-state index is 10.6. The van der Waals surface area contributed by atoms with Gasteiger partial charge in [-0.1, -0.05) is 0 Å². The van der Waals surface area contributed by atoms with Gasteiger partial charge < -0.3 is 0 Å². The van der Waals surface area contributed by atoms with Gasteiger partial charge in [0.1, 0.15) is 0 Å². The molecule has 0 rings (SSSR count). The molecule has 0 saturated carbocycles. The summed E-state index contributed by atoms with van der Waals surface area (Å²) < 4.78 is 29.9. The zero-order valence-corrected chi connectivity index (χ0v) is 9.24.